The first kappa shape index (κ1) is 16.0. The molecule has 1 aliphatic carbocycles. The molecule has 0 saturated heterocycles. The summed E-state index contributed by atoms with van der Waals surface area (Å²) >= 11 is 0. The topological polar surface area (TPSA) is 96.1 Å². The molecule has 3 N–H and O–H groups in total. The molecule has 2 aromatic carbocycles. The van der Waals surface area contributed by atoms with E-state index in [0.29, 0.717) is 17.0 Å². The van der Waals surface area contributed by atoms with Crippen molar-refractivity contribution in [3.63, 3.8) is 0 Å². The molecule has 1 aliphatic rings. The molecule has 0 amide bonds. The van der Waals surface area contributed by atoms with Crippen LogP contribution < -0.4 is 5.73 Å². The van der Waals surface area contributed by atoms with E-state index in [-0.39, 0.29) is 11.7 Å². The molecule has 128 valence electrons. The summed E-state index contributed by atoms with van der Waals surface area (Å²) in [6.07, 6.45) is 0. The second kappa shape index (κ2) is 6.08. The summed E-state index contributed by atoms with van der Waals surface area (Å²) in [5, 5.41) is 23.9. The van der Waals surface area contributed by atoms with Crippen molar-refractivity contribution in [2.24, 2.45) is 5.73 Å². The van der Waals surface area contributed by atoms with Gasteiger partial charge in [-0.25, -0.2) is 0 Å². The maximum Gasteiger partial charge on any atom is 0.154 e. The minimum Gasteiger partial charge on any atom is -0.508 e. The van der Waals surface area contributed by atoms with Crippen LogP contribution in [-0.2, 0) is 0 Å². The molecule has 2 atom stereocenters. The van der Waals surface area contributed by atoms with E-state index in [1.165, 1.54) is 0 Å². The highest BCUT2D eigenvalue weighted by Gasteiger charge is 2.40. The number of hydrogen-bond acceptors (Lipinski definition) is 5. The van der Waals surface area contributed by atoms with Gasteiger partial charge in [-0.1, -0.05) is 47.6 Å². The second-order valence-electron chi connectivity index (χ2n) is 6.40. The lowest BCUT2D eigenvalue weighted by molar-refractivity contribution is 0.371. The smallest absolute Gasteiger partial charge is 0.154 e. The van der Waals surface area contributed by atoms with Crippen molar-refractivity contribution in [3.8, 4) is 11.8 Å². The van der Waals surface area contributed by atoms with Crippen molar-refractivity contribution in [1.29, 1.82) is 5.26 Å². The van der Waals surface area contributed by atoms with Gasteiger partial charge in [0.15, 0.2) is 5.76 Å². The monoisotopic (exact) mass is 343 g/mol. The van der Waals surface area contributed by atoms with Gasteiger partial charge in [-0.3, -0.25) is 0 Å². The summed E-state index contributed by atoms with van der Waals surface area (Å²) in [5.41, 5.74) is 10.7. The van der Waals surface area contributed by atoms with Crippen LogP contribution in [0.1, 0.15) is 40.0 Å². The standard InChI is InChI=1S/C21H17N3O2/c1-12-17-18(13-6-3-2-4-7-13)16(11-22)20(23)19(21(17)26-24-12)14-8-5-9-15(25)10-14/h2-10,18-19,25H,23H2,1H3/t18-,19-/m0/s1. The predicted molar refractivity (Wildman–Crippen MR) is 96.3 cm³/mol. The minimum absolute atomic E-state index is 0.136. The highest BCUT2D eigenvalue weighted by Crippen LogP contribution is 2.48. The third-order valence-corrected chi connectivity index (χ3v) is 4.85. The van der Waals surface area contributed by atoms with Gasteiger partial charge in [-0.15, -0.1) is 0 Å². The molecule has 1 aromatic heterocycles. The lowest BCUT2D eigenvalue weighted by Crippen LogP contribution is -2.24. The van der Waals surface area contributed by atoms with Crippen LogP contribution >= 0.6 is 0 Å². The molecule has 0 spiro atoms. The van der Waals surface area contributed by atoms with Gasteiger partial charge in [0.2, 0.25) is 0 Å². The average Bonchev–Trinajstić information content (AvgIpc) is 3.02. The van der Waals surface area contributed by atoms with E-state index in [2.05, 4.69) is 11.2 Å². The van der Waals surface area contributed by atoms with Gasteiger partial charge in [-0.05, 0) is 30.2 Å². The maximum atomic E-state index is 9.88. The normalized spacial score (nSPS) is 19.1. The van der Waals surface area contributed by atoms with E-state index in [4.69, 9.17) is 10.3 Å². The number of nitriles is 1. The van der Waals surface area contributed by atoms with E-state index in [9.17, 15) is 10.4 Å². The lowest BCUT2D eigenvalue weighted by atomic mass is 9.73. The van der Waals surface area contributed by atoms with Gasteiger partial charge in [0.1, 0.15) is 5.75 Å². The molecule has 0 aliphatic heterocycles. The zero-order chi connectivity index (χ0) is 18.3. The van der Waals surface area contributed by atoms with Gasteiger partial charge in [0, 0.05) is 11.3 Å². The number of aryl methyl sites for hydroxylation is 1. The molecule has 5 heteroatoms. The van der Waals surface area contributed by atoms with E-state index in [1.807, 2.05) is 43.3 Å². The summed E-state index contributed by atoms with van der Waals surface area (Å²) in [7, 11) is 0. The molecule has 0 bridgehead atoms. The molecule has 0 radical (unpaired) electrons. The number of phenols is 1. The molecule has 0 saturated carbocycles. The quantitative estimate of drug-likeness (QED) is 0.739. The lowest BCUT2D eigenvalue weighted by Gasteiger charge is -2.29. The zero-order valence-electron chi connectivity index (χ0n) is 14.2. The summed E-state index contributed by atoms with van der Waals surface area (Å²) < 4.78 is 5.65. The van der Waals surface area contributed by atoms with Gasteiger partial charge >= 0.3 is 0 Å². The fourth-order valence-corrected chi connectivity index (χ4v) is 3.70. The number of fused-ring (bicyclic) bond motifs is 1. The first-order valence-electron chi connectivity index (χ1n) is 8.31. The van der Waals surface area contributed by atoms with Crippen LogP contribution in [0.3, 0.4) is 0 Å². The number of allylic oxidation sites excluding steroid dienone is 2. The van der Waals surface area contributed by atoms with Crippen molar-refractivity contribution in [2.45, 2.75) is 18.8 Å². The Hall–Kier alpha value is -3.52. The zero-order valence-corrected chi connectivity index (χ0v) is 14.2. The minimum atomic E-state index is -0.451. The van der Waals surface area contributed by atoms with Crippen molar-refractivity contribution in [3.05, 3.63) is 94.0 Å². The molecule has 26 heavy (non-hydrogen) atoms. The Morgan fingerprint density at radius 2 is 1.81 bits per heavy atom. The molecule has 5 nitrogen and oxygen atoms in total. The van der Waals surface area contributed by atoms with E-state index < -0.39 is 5.92 Å². The van der Waals surface area contributed by atoms with E-state index in [0.717, 1.165) is 22.4 Å². The highest BCUT2D eigenvalue weighted by atomic mass is 16.5. The van der Waals surface area contributed by atoms with E-state index in [1.54, 1.807) is 18.2 Å². The Labute approximate surface area is 151 Å². The molecule has 1 heterocycles. The summed E-state index contributed by atoms with van der Waals surface area (Å²) in [5.74, 6) is -0.000785. The van der Waals surface area contributed by atoms with E-state index >= 15 is 0 Å². The number of rotatable bonds is 2. The van der Waals surface area contributed by atoms with Crippen molar-refractivity contribution >= 4 is 0 Å². The van der Waals surface area contributed by atoms with Gasteiger partial charge < -0.3 is 15.4 Å². The summed E-state index contributed by atoms with van der Waals surface area (Å²) in [6, 6.07) is 18.9. The largest absolute Gasteiger partial charge is 0.508 e. The summed E-state index contributed by atoms with van der Waals surface area (Å²) in [6.45, 7) is 1.87. The van der Waals surface area contributed by atoms with Gasteiger partial charge in [-0.2, -0.15) is 5.26 Å². The maximum absolute atomic E-state index is 9.88. The number of aromatic hydroxyl groups is 1. The number of phenolic OH excluding ortho intramolecular Hbond substituents is 1. The van der Waals surface area contributed by atoms with Crippen LogP contribution in [0.15, 0.2) is 70.4 Å². The number of nitrogens with two attached hydrogens (primary N) is 1. The van der Waals surface area contributed by atoms with Gasteiger partial charge in [0.25, 0.3) is 0 Å². The molecule has 4 rings (SSSR count). The Morgan fingerprint density at radius 3 is 2.50 bits per heavy atom. The molecule has 0 fully saturated rings. The van der Waals surface area contributed by atoms with Gasteiger partial charge in [0.05, 0.1) is 29.2 Å². The van der Waals surface area contributed by atoms with Crippen LogP contribution in [0.2, 0.25) is 0 Å². The Balaban J connectivity index is 1.99. The Morgan fingerprint density at radius 1 is 1.08 bits per heavy atom. The molecule has 3 aromatic rings. The second-order valence-corrected chi connectivity index (χ2v) is 6.40. The highest BCUT2D eigenvalue weighted by molar-refractivity contribution is 5.59. The van der Waals surface area contributed by atoms with Crippen molar-refractivity contribution in [2.75, 3.05) is 0 Å². The van der Waals surface area contributed by atoms with Crippen LogP contribution in [0.25, 0.3) is 0 Å². The van der Waals surface area contributed by atoms with Crippen LogP contribution in [0.4, 0.5) is 0 Å². The fourth-order valence-electron chi connectivity index (χ4n) is 3.70. The SMILES string of the molecule is Cc1noc2c1[C@@H](c1ccccc1)C(C#N)=C(N)[C@@H]2c1cccc(O)c1. The van der Waals surface area contributed by atoms with Crippen LogP contribution in [-0.4, -0.2) is 10.3 Å². The van der Waals surface area contributed by atoms with Crippen LogP contribution in [0, 0.1) is 18.3 Å². The third-order valence-electron chi connectivity index (χ3n) is 4.85. The molecular formula is C21H17N3O2. The predicted octanol–water partition coefficient (Wildman–Crippen LogP) is 3.70. The number of aromatic nitrogens is 1. The van der Waals surface area contributed by atoms with Crippen molar-refractivity contribution in [1.82, 2.24) is 5.16 Å². The Kier molecular flexibility index (Phi) is 3.74. The number of hydrogen-bond donors (Lipinski definition) is 2. The summed E-state index contributed by atoms with van der Waals surface area (Å²) in [4.78, 5) is 0. The molecule has 0 unspecified atom stereocenters. The van der Waals surface area contributed by atoms with Crippen LogP contribution in [0.5, 0.6) is 5.75 Å². The average molecular weight is 343 g/mol. The van der Waals surface area contributed by atoms with Crippen molar-refractivity contribution < 1.29 is 9.63 Å². The number of nitrogens with zero attached hydrogens (tertiary/aromatic N) is 2. The molecular weight excluding hydrogens is 326 g/mol. The third kappa shape index (κ3) is 2.35. The Bertz CT molecular complexity index is 1040. The fraction of sp³-hybridized carbons (Fsp3) is 0.143. The number of benzene rings is 2. The first-order chi connectivity index (χ1) is 12.6. The first-order valence-corrected chi connectivity index (χ1v) is 8.31.